The summed E-state index contributed by atoms with van der Waals surface area (Å²) in [6, 6.07) is 0. The molecule has 0 bridgehead atoms. The van der Waals surface area contributed by atoms with E-state index >= 15 is 0 Å². The van der Waals surface area contributed by atoms with Crippen molar-refractivity contribution in [1.29, 1.82) is 0 Å². The molecule has 1 atom stereocenters. The van der Waals surface area contributed by atoms with Gasteiger partial charge >= 0.3 is 0 Å². The molecule has 0 fully saturated rings. The van der Waals surface area contributed by atoms with Gasteiger partial charge in [-0.2, -0.15) is 0 Å². The van der Waals surface area contributed by atoms with Crippen molar-refractivity contribution in [2.24, 2.45) is 9.98 Å². The maximum atomic E-state index is 8.89. The van der Waals surface area contributed by atoms with Crippen molar-refractivity contribution in [1.82, 2.24) is 0 Å². The van der Waals surface area contributed by atoms with Crippen LogP contribution in [0.15, 0.2) is 22.8 Å². The van der Waals surface area contributed by atoms with Crippen LogP contribution in [0.4, 0.5) is 0 Å². The van der Waals surface area contributed by atoms with E-state index in [2.05, 4.69) is 16.6 Å². The third-order valence-corrected chi connectivity index (χ3v) is 0.790. The fourth-order valence-electron chi connectivity index (χ4n) is 0.412. The standard InChI is InChI=1S/C7H12N2O2/c1-3-8-6-9-5-7(10)11-4-2/h3,5-7,10H,1,4H2,2H3. The fourth-order valence-corrected chi connectivity index (χ4v) is 0.412. The van der Waals surface area contributed by atoms with Crippen LogP contribution in [0.1, 0.15) is 6.92 Å². The molecular formula is C7H12N2O2. The number of rotatable bonds is 5. The molecule has 62 valence electrons. The lowest BCUT2D eigenvalue weighted by molar-refractivity contribution is -0.0402. The van der Waals surface area contributed by atoms with Crippen LogP contribution in [0.25, 0.3) is 0 Å². The summed E-state index contributed by atoms with van der Waals surface area (Å²) in [7, 11) is 0. The first kappa shape index (κ1) is 10.0. The Morgan fingerprint density at radius 1 is 1.64 bits per heavy atom. The SMILES string of the molecule is C=CN=CN=CC(O)OCC. The van der Waals surface area contributed by atoms with Gasteiger partial charge < -0.3 is 9.84 Å². The molecule has 4 heteroatoms. The van der Waals surface area contributed by atoms with Crippen LogP contribution in [0, 0.1) is 0 Å². The molecule has 0 aromatic carbocycles. The number of hydrogen-bond acceptors (Lipinski definition) is 3. The van der Waals surface area contributed by atoms with E-state index in [1.165, 1.54) is 18.8 Å². The van der Waals surface area contributed by atoms with Gasteiger partial charge in [-0.3, -0.25) is 0 Å². The molecule has 0 aliphatic rings. The van der Waals surface area contributed by atoms with Crippen LogP contribution in [-0.4, -0.2) is 30.6 Å². The number of ether oxygens (including phenoxy) is 1. The summed E-state index contributed by atoms with van der Waals surface area (Å²) < 4.78 is 4.74. The highest BCUT2D eigenvalue weighted by Crippen LogP contribution is 1.80. The Kier molecular flexibility index (Phi) is 6.46. The normalized spacial score (nSPS) is 14.4. The van der Waals surface area contributed by atoms with Gasteiger partial charge in [0, 0.05) is 12.8 Å². The van der Waals surface area contributed by atoms with E-state index in [-0.39, 0.29) is 0 Å². The Bertz CT molecular complexity index is 155. The molecule has 0 aromatic rings. The van der Waals surface area contributed by atoms with Crippen LogP contribution in [0.2, 0.25) is 0 Å². The summed E-state index contributed by atoms with van der Waals surface area (Å²) >= 11 is 0. The van der Waals surface area contributed by atoms with Crippen LogP contribution in [0.3, 0.4) is 0 Å². The van der Waals surface area contributed by atoms with Gasteiger partial charge in [0.05, 0.1) is 6.21 Å². The monoisotopic (exact) mass is 156 g/mol. The second-order valence-electron chi connectivity index (χ2n) is 1.59. The number of aliphatic hydroxyl groups is 1. The van der Waals surface area contributed by atoms with E-state index in [1.807, 2.05) is 0 Å². The van der Waals surface area contributed by atoms with Gasteiger partial charge in [-0.25, -0.2) is 9.98 Å². The number of nitrogens with zero attached hydrogens (tertiary/aromatic N) is 2. The second-order valence-corrected chi connectivity index (χ2v) is 1.59. The predicted molar refractivity (Wildman–Crippen MR) is 44.8 cm³/mol. The maximum Gasteiger partial charge on any atom is 0.191 e. The van der Waals surface area contributed by atoms with Gasteiger partial charge in [0.2, 0.25) is 0 Å². The highest BCUT2D eigenvalue weighted by Gasteiger charge is 1.93. The van der Waals surface area contributed by atoms with E-state index in [0.717, 1.165) is 0 Å². The van der Waals surface area contributed by atoms with E-state index in [0.29, 0.717) is 6.61 Å². The smallest absolute Gasteiger partial charge is 0.191 e. The molecule has 0 amide bonds. The Balaban J connectivity index is 3.54. The van der Waals surface area contributed by atoms with Gasteiger partial charge in [0.15, 0.2) is 6.29 Å². The predicted octanol–water partition coefficient (Wildman–Crippen LogP) is 0.584. The lowest BCUT2D eigenvalue weighted by Crippen LogP contribution is -2.12. The average molecular weight is 156 g/mol. The second kappa shape index (κ2) is 7.11. The molecule has 0 rings (SSSR count). The average Bonchev–Trinajstić information content (AvgIpc) is 1.99. The topological polar surface area (TPSA) is 54.2 Å². The van der Waals surface area contributed by atoms with Crippen LogP contribution in [-0.2, 0) is 4.74 Å². The summed E-state index contributed by atoms with van der Waals surface area (Å²) in [6.07, 6.45) is 2.92. The van der Waals surface area contributed by atoms with Crippen molar-refractivity contribution >= 4 is 12.6 Å². The van der Waals surface area contributed by atoms with E-state index < -0.39 is 6.29 Å². The van der Waals surface area contributed by atoms with Gasteiger partial charge in [-0.1, -0.05) is 6.58 Å². The minimum absolute atomic E-state index is 0.450. The van der Waals surface area contributed by atoms with E-state index in [4.69, 9.17) is 9.84 Å². The molecule has 1 unspecified atom stereocenters. The van der Waals surface area contributed by atoms with Crippen molar-refractivity contribution < 1.29 is 9.84 Å². The van der Waals surface area contributed by atoms with Gasteiger partial charge in [0.25, 0.3) is 0 Å². The van der Waals surface area contributed by atoms with Crippen molar-refractivity contribution in [2.45, 2.75) is 13.2 Å². The van der Waals surface area contributed by atoms with E-state index in [9.17, 15) is 0 Å². The maximum absolute atomic E-state index is 8.89. The largest absolute Gasteiger partial charge is 0.363 e. The highest BCUT2D eigenvalue weighted by atomic mass is 16.6. The van der Waals surface area contributed by atoms with Crippen molar-refractivity contribution in [3.05, 3.63) is 12.8 Å². The summed E-state index contributed by atoms with van der Waals surface area (Å²) in [6.45, 7) is 5.58. The van der Waals surface area contributed by atoms with Crippen LogP contribution >= 0.6 is 0 Å². The molecule has 0 saturated carbocycles. The minimum atomic E-state index is -0.948. The molecule has 0 aliphatic carbocycles. The first-order valence-electron chi connectivity index (χ1n) is 3.26. The third kappa shape index (κ3) is 6.89. The summed E-state index contributed by atoms with van der Waals surface area (Å²) in [5, 5.41) is 8.89. The van der Waals surface area contributed by atoms with Crippen molar-refractivity contribution in [3.8, 4) is 0 Å². The van der Waals surface area contributed by atoms with Crippen molar-refractivity contribution in [3.63, 3.8) is 0 Å². The lowest BCUT2D eigenvalue weighted by atomic mass is 10.7. The summed E-state index contributed by atoms with van der Waals surface area (Å²) in [5.74, 6) is 0. The highest BCUT2D eigenvalue weighted by molar-refractivity contribution is 5.74. The minimum Gasteiger partial charge on any atom is -0.363 e. The fraction of sp³-hybridized carbons (Fsp3) is 0.429. The summed E-state index contributed by atoms with van der Waals surface area (Å²) in [5.41, 5.74) is 0. The molecule has 0 saturated heterocycles. The van der Waals surface area contributed by atoms with Gasteiger partial charge in [-0.15, -0.1) is 0 Å². The summed E-state index contributed by atoms with van der Waals surface area (Å²) in [4.78, 5) is 7.19. The molecule has 0 aromatic heterocycles. The zero-order valence-corrected chi connectivity index (χ0v) is 6.47. The molecule has 11 heavy (non-hydrogen) atoms. The Hall–Kier alpha value is -1.00. The van der Waals surface area contributed by atoms with Crippen LogP contribution < -0.4 is 0 Å². The number of hydrogen-bond donors (Lipinski definition) is 1. The Labute approximate surface area is 65.9 Å². The van der Waals surface area contributed by atoms with Crippen molar-refractivity contribution in [2.75, 3.05) is 6.61 Å². The molecule has 0 spiro atoms. The Morgan fingerprint density at radius 3 is 2.91 bits per heavy atom. The Morgan fingerprint density at radius 2 is 2.36 bits per heavy atom. The molecule has 0 heterocycles. The first-order chi connectivity index (χ1) is 5.31. The quantitative estimate of drug-likeness (QED) is 0.359. The van der Waals surface area contributed by atoms with Gasteiger partial charge in [-0.05, 0) is 6.92 Å². The number of aliphatic hydroxyl groups excluding tert-OH is 1. The molecular weight excluding hydrogens is 144 g/mol. The molecule has 0 aliphatic heterocycles. The van der Waals surface area contributed by atoms with Gasteiger partial charge in [0.1, 0.15) is 6.34 Å². The number of aliphatic imine (C=N–C) groups is 2. The molecule has 4 nitrogen and oxygen atoms in total. The first-order valence-corrected chi connectivity index (χ1v) is 3.26. The zero-order chi connectivity index (χ0) is 8.53. The van der Waals surface area contributed by atoms with Crippen LogP contribution in [0.5, 0.6) is 0 Å². The molecule has 0 radical (unpaired) electrons. The lowest BCUT2D eigenvalue weighted by Gasteiger charge is -2.01. The zero-order valence-electron chi connectivity index (χ0n) is 6.47. The van der Waals surface area contributed by atoms with E-state index in [1.54, 1.807) is 6.92 Å². The molecule has 1 N–H and O–H groups in total. The third-order valence-electron chi connectivity index (χ3n) is 0.790.